The molecular formula is C21H24N6O. The summed E-state index contributed by atoms with van der Waals surface area (Å²) in [5.74, 6) is 1.78. The van der Waals surface area contributed by atoms with E-state index in [1.165, 1.54) is 5.56 Å². The summed E-state index contributed by atoms with van der Waals surface area (Å²) in [6, 6.07) is 6.59. The zero-order valence-electron chi connectivity index (χ0n) is 16.4. The number of rotatable bonds is 4. The maximum atomic E-state index is 12.0. The van der Waals surface area contributed by atoms with E-state index in [4.69, 9.17) is 10.1 Å². The summed E-state index contributed by atoms with van der Waals surface area (Å²) in [4.78, 5) is 23.3. The Labute approximate surface area is 164 Å². The van der Waals surface area contributed by atoms with Crippen molar-refractivity contribution in [1.82, 2.24) is 29.2 Å². The van der Waals surface area contributed by atoms with Crippen molar-refractivity contribution in [3.8, 4) is 17.1 Å². The Balaban J connectivity index is 1.62. The van der Waals surface area contributed by atoms with Crippen LogP contribution < -0.4 is 0 Å². The van der Waals surface area contributed by atoms with Gasteiger partial charge in [0.25, 0.3) is 0 Å². The number of imidazole rings is 1. The molecule has 0 radical (unpaired) electrons. The van der Waals surface area contributed by atoms with Gasteiger partial charge in [0.05, 0.1) is 36.5 Å². The van der Waals surface area contributed by atoms with Gasteiger partial charge in [0.2, 0.25) is 5.91 Å². The van der Waals surface area contributed by atoms with E-state index in [1.807, 2.05) is 22.8 Å². The zero-order chi connectivity index (χ0) is 19.3. The molecule has 0 saturated carbocycles. The first-order chi connectivity index (χ1) is 13.6. The molecule has 0 spiro atoms. The molecule has 1 saturated heterocycles. The van der Waals surface area contributed by atoms with E-state index >= 15 is 0 Å². The molecule has 0 bridgehead atoms. The maximum absolute atomic E-state index is 12.0. The van der Waals surface area contributed by atoms with Gasteiger partial charge in [-0.2, -0.15) is 5.10 Å². The van der Waals surface area contributed by atoms with Crippen molar-refractivity contribution >= 4 is 5.91 Å². The molecule has 0 atom stereocenters. The Morgan fingerprint density at radius 2 is 2.14 bits per heavy atom. The molecule has 0 N–H and O–H groups in total. The van der Waals surface area contributed by atoms with Crippen LogP contribution in [0.3, 0.4) is 0 Å². The molecular weight excluding hydrogens is 352 g/mol. The molecule has 2 aliphatic heterocycles. The van der Waals surface area contributed by atoms with Crippen LogP contribution >= 0.6 is 0 Å². The van der Waals surface area contributed by atoms with Crippen molar-refractivity contribution in [3.63, 3.8) is 0 Å². The number of amides is 1. The highest BCUT2D eigenvalue weighted by Gasteiger charge is 2.26. The highest BCUT2D eigenvalue weighted by Crippen LogP contribution is 2.32. The predicted octanol–water partition coefficient (Wildman–Crippen LogP) is 2.88. The largest absolute Gasteiger partial charge is 0.335 e. The lowest BCUT2D eigenvalue weighted by molar-refractivity contribution is -0.128. The molecule has 1 fully saturated rings. The number of nitrogens with zero attached hydrogens (tertiary/aromatic N) is 6. The molecule has 5 rings (SSSR count). The number of fused-ring (bicyclic) bond motifs is 5. The fourth-order valence-corrected chi connectivity index (χ4v) is 4.23. The molecule has 7 nitrogen and oxygen atoms in total. The van der Waals surface area contributed by atoms with Crippen molar-refractivity contribution in [1.29, 1.82) is 0 Å². The molecule has 0 aliphatic carbocycles. The van der Waals surface area contributed by atoms with Gasteiger partial charge in [0.15, 0.2) is 11.6 Å². The summed E-state index contributed by atoms with van der Waals surface area (Å²) in [5, 5.41) is 4.77. The average molecular weight is 376 g/mol. The van der Waals surface area contributed by atoms with Gasteiger partial charge in [-0.15, -0.1) is 0 Å². The van der Waals surface area contributed by atoms with Gasteiger partial charge in [-0.1, -0.05) is 19.4 Å². The lowest BCUT2D eigenvalue weighted by atomic mass is 10.0. The van der Waals surface area contributed by atoms with Crippen molar-refractivity contribution in [2.24, 2.45) is 0 Å². The summed E-state index contributed by atoms with van der Waals surface area (Å²) in [6.07, 6.45) is 5.58. The minimum Gasteiger partial charge on any atom is -0.335 e. The second-order valence-electron chi connectivity index (χ2n) is 7.68. The summed E-state index contributed by atoms with van der Waals surface area (Å²) >= 11 is 0. The standard InChI is InChI=1S/C21H24N6O/c1-3-5-15-7-8-17-16(10-15)21-23-19(12-25-9-4-6-20(25)28)24-27(21)11-18-14(2)22-13-26(17)18/h7-8,10,13H,3-6,9,11-12H2,1-2H3. The lowest BCUT2D eigenvalue weighted by Gasteiger charge is -2.12. The Bertz CT molecular complexity index is 1060. The minimum atomic E-state index is 0.199. The van der Waals surface area contributed by atoms with Gasteiger partial charge < -0.3 is 9.47 Å². The van der Waals surface area contributed by atoms with Crippen LogP contribution in [-0.4, -0.2) is 41.7 Å². The fraction of sp³-hybridized carbons (Fsp3) is 0.429. The highest BCUT2D eigenvalue weighted by molar-refractivity contribution is 5.78. The Hall–Kier alpha value is -2.96. The van der Waals surface area contributed by atoms with Gasteiger partial charge in [-0.05, 0) is 37.5 Å². The van der Waals surface area contributed by atoms with E-state index in [-0.39, 0.29) is 5.91 Å². The van der Waals surface area contributed by atoms with Crippen molar-refractivity contribution < 1.29 is 4.79 Å². The van der Waals surface area contributed by atoms with E-state index in [0.717, 1.165) is 54.3 Å². The van der Waals surface area contributed by atoms with Crippen molar-refractivity contribution in [2.45, 2.75) is 52.6 Å². The SMILES string of the molecule is CCCc1ccc2c(c1)-c1nc(CN3CCCC3=O)nn1Cc1c(C)ncn1-2. The number of carbonyl (C=O) groups is 1. The van der Waals surface area contributed by atoms with E-state index < -0.39 is 0 Å². The first kappa shape index (κ1) is 17.2. The zero-order valence-corrected chi connectivity index (χ0v) is 16.4. The van der Waals surface area contributed by atoms with Gasteiger partial charge in [-0.25, -0.2) is 14.6 Å². The summed E-state index contributed by atoms with van der Waals surface area (Å²) in [7, 11) is 0. The molecule has 28 heavy (non-hydrogen) atoms. The summed E-state index contributed by atoms with van der Waals surface area (Å²) in [5.41, 5.74) is 5.59. The molecule has 4 heterocycles. The number of hydrogen-bond acceptors (Lipinski definition) is 4. The number of likely N-dealkylation sites (tertiary alicyclic amines) is 1. The van der Waals surface area contributed by atoms with Crippen LogP contribution in [0.4, 0.5) is 0 Å². The van der Waals surface area contributed by atoms with E-state index in [0.29, 0.717) is 25.3 Å². The number of benzene rings is 1. The first-order valence-electron chi connectivity index (χ1n) is 10.0. The molecule has 2 aromatic heterocycles. The molecule has 3 aromatic rings. The number of hydrogen-bond donors (Lipinski definition) is 0. The highest BCUT2D eigenvalue weighted by atomic mass is 16.2. The molecule has 1 amide bonds. The first-order valence-corrected chi connectivity index (χ1v) is 10.0. The second kappa shape index (κ2) is 6.58. The molecule has 144 valence electrons. The number of carbonyl (C=O) groups excluding carboxylic acids is 1. The van der Waals surface area contributed by atoms with Gasteiger partial charge in [-0.3, -0.25) is 4.79 Å². The van der Waals surface area contributed by atoms with E-state index in [1.54, 1.807) is 0 Å². The lowest BCUT2D eigenvalue weighted by Crippen LogP contribution is -2.24. The Kier molecular flexibility index (Phi) is 4.03. The van der Waals surface area contributed by atoms with E-state index in [2.05, 4.69) is 34.7 Å². The monoisotopic (exact) mass is 376 g/mol. The smallest absolute Gasteiger partial charge is 0.223 e. The summed E-state index contributed by atoms with van der Waals surface area (Å²) < 4.78 is 4.12. The predicted molar refractivity (Wildman–Crippen MR) is 105 cm³/mol. The Morgan fingerprint density at radius 3 is 2.93 bits per heavy atom. The normalized spacial score (nSPS) is 15.4. The topological polar surface area (TPSA) is 68.8 Å². The summed E-state index contributed by atoms with van der Waals surface area (Å²) in [6.45, 7) is 6.13. The van der Waals surface area contributed by atoms with Crippen LogP contribution in [0.15, 0.2) is 24.5 Å². The second-order valence-corrected chi connectivity index (χ2v) is 7.68. The minimum absolute atomic E-state index is 0.199. The molecule has 2 aliphatic rings. The third-order valence-electron chi connectivity index (χ3n) is 5.69. The van der Waals surface area contributed by atoms with Gasteiger partial charge in [0, 0.05) is 18.5 Å². The molecule has 7 heteroatoms. The average Bonchev–Trinajstić information content (AvgIpc) is 3.35. The number of aromatic nitrogens is 5. The van der Waals surface area contributed by atoms with Crippen LogP contribution in [0.1, 0.15) is 49.0 Å². The van der Waals surface area contributed by atoms with Gasteiger partial charge >= 0.3 is 0 Å². The fourth-order valence-electron chi connectivity index (χ4n) is 4.23. The van der Waals surface area contributed by atoms with Crippen LogP contribution in [0.2, 0.25) is 0 Å². The van der Waals surface area contributed by atoms with Crippen molar-refractivity contribution in [2.75, 3.05) is 6.54 Å². The van der Waals surface area contributed by atoms with Crippen LogP contribution in [0.25, 0.3) is 17.1 Å². The van der Waals surface area contributed by atoms with Crippen molar-refractivity contribution in [3.05, 3.63) is 47.3 Å². The number of aryl methyl sites for hydroxylation is 2. The van der Waals surface area contributed by atoms with Gasteiger partial charge in [0.1, 0.15) is 0 Å². The van der Waals surface area contributed by atoms with Crippen LogP contribution in [0, 0.1) is 6.92 Å². The van der Waals surface area contributed by atoms with E-state index in [9.17, 15) is 4.79 Å². The third-order valence-corrected chi connectivity index (χ3v) is 5.69. The quantitative estimate of drug-likeness (QED) is 0.549. The maximum Gasteiger partial charge on any atom is 0.223 e. The van der Waals surface area contributed by atoms with Crippen LogP contribution in [-0.2, 0) is 24.3 Å². The van der Waals surface area contributed by atoms with Crippen LogP contribution in [0.5, 0.6) is 0 Å². The Morgan fingerprint density at radius 1 is 1.25 bits per heavy atom. The molecule has 1 aromatic carbocycles. The third kappa shape index (κ3) is 2.73. The molecule has 0 unspecified atom stereocenters.